The molecule has 0 aromatic rings. The summed E-state index contributed by atoms with van der Waals surface area (Å²) in [6, 6.07) is 0.810. The van der Waals surface area contributed by atoms with E-state index in [2.05, 4.69) is 50.9 Å². The van der Waals surface area contributed by atoms with Gasteiger partial charge in [-0.3, -0.25) is 4.90 Å². The van der Waals surface area contributed by atoms with Crippen molar-refractivity contribution in [2.45, 2.75) is 52.5 Å². The average molecular weight is 221 g/mol. The second-order valence-corrected chi connectivity index (χ2v) is 5.37. The molecular weight excluding hydrogens is 194 g/mol. The van der Waals surface area contributed by atoms with E-state index in [0.29, 0.717) is 0 Å². The average Bonchev–Trinajstić information content (AvgIpc) is 2.27. The van der Waals surface area contributed by atoms with E-state index >= 15 is 0 Å². The molecule has 1 rings (SSSR count). The maximum absolute atomic E-state index is 2.53. The lowest BCUT2D eigenvalue weighted by Crippen LogP contribution is -2.35. The van der Waals surface area contributed by atoms with Gasteiger partial charge in [-0.2, -0.15) is 0 Å². The van der Waals surface area contributed by atoms with Crippen molar-refractivity contribution in [3.8, 4) is 0 Å². The molecule has 0 aliphatic heterocycles. The first-order chi connectivity index (χ1) is 7.63. The van der Waals surface area contributed by atoms with Crippen LogP contribution in [0.25, 0.3) is 0 Å². The van der Waals surface area contributed by atoms with Crippen molar-refractivity contribution in [2.75, 3.05) is 13.6 Å². The van der Waals surface area contributed by atoms with Gasteiger partial charge in [0.15, 0.2) is 0 Å². The highest BCUT2D eigenvalue weighted by Gasteiger charge is 2.21. The standard InChI is InChI=1S/C15H27N/c1-5-6-7-14(3)12-16(4)15-10-8-13(2)9-11-15/h5-7,13,15H,8-12H2,1-4H3/b6-5-,14-7+. The Morgan fingerprint density at radius 2 is 1.88 bits per heavy atom. The largest absolute Gasteiger partial charge is 0.299 e. The van der Waals surface area contributed by atoms with Gasteiger partial charge in [-0.1, -0.05) is 30.7 Å². The molecule has 1 aliphatic carbocycles. The van der Waals surface area contributed by atoms with Gasteiger partial charge in [-0.05, 0) is 52.5 Å². The van der Waals surface area contributed by atoms with Gasteiger partial charge in [0.05, 0.1) is 0 Å². The Bertz CT molecular complexity index is 244. The number of nitrogens with zero attached hydrogens (tertiary/aromatic N) is 1. The highest BCUT2D eigenvalue weighted by molar-refractivity contribution is 5.11. The van der Waals surface area contributed by atoms with Gasteiger partial charge in [-0.25, -0.2) is 0 Å². The molecule has 0 bridgehead atoms. The summed E-state index contributed by atoms with van der Waals surface area (Å²) in [6.07, 6.45) is 12.0. The smallest absolute Gasteiger partial charge is 0.0193 e. The predicted octanol–water partition coefficient (Wildman–Crippen LogP) is 4.02. The molecule has 16 heavy (non-hydrogen) atoms. The second kappa shape index (κ2) is 6.90. The number of hydrogen-bond acceptors (Lipinski definition) is 1. The van der Waals surface area contributed by atoms with Gasteiger partial charge >= 0.3 is 0 Å². The van der Waals surface area contributed by atoms with Crippen molar-refractivity contribution in [2.24, 2.45) is 5.92 Å². The van der Waals surface area contributed by atoms with Gasteiger partial charge in [0.25, 0.3) is 0 Å². The zero-order valence-corrected chi connectivity index (χ0v) is 11.4. The molecular formula is C15H27N. The molecule has 0 aromatic carbocycles. The van der Waals surface area contributed by atoms with Crippen molar-refractivity contribution in [1.82, 2.24) is 4.90 Å². The molecule has 0 saturated heterocycles. The van der Waals surface area contributed by atoms with E-state index in [9.17, 15) is 0 Å². The minimum absolute atomic E-state index is 0.810. The summed E-state index contributed by atoms with van der Waals surface area (Å²) < 4.78 is 0. The molecule has 92 valence electrons. The number of likely N-dealkylation sites (N-methyl/N-ethyl adjacent to an activating group) is 1. The van der Waals surface area contributed by atoms with Gasteiger partial charge in [-0.15, -0.1) is 0 Å². The molecule has 0 radical (unpaired) electrons. The lowest BCUT2D eigenvalue weighted by Gasteiger charge is -2.33. The summed E-state index contributed by atoms with van der Waals surface area (Å²) in [5, 5.41) is 0. The van der Waals surface area contributed by atoms with Crippen LogP contribution in [-0.2, 0) is 0 Å². The molecule has 1 aliphatic rings. The third-order valence-electron chi connectivity index (χ3n) is 3.68. The van der Waals surface area contributed by atoms with Gasteiger partial charge in [0.1, 0.15) is 0 Å². The van der Waals surface area contributed by atoms with E-state index in [1.165, 1.54) is 31.3 Å². The zero-order chi connectivity index (χ0) is 12.0. The normalized spacial score (nSPS) is 27.9. The highest BCUT2D eigenvalue weighted by Crippen LogP contribution is 2.26. The quantitative estimate of drug-likeness (QED) is 0.648. The first-order valence-corrected chi connectivity index (χ1v) is 6.62. The molecule has 0 unspecified atom stereocenters. The predicted molar refractivity (Wildman–Crippen MR) is 72.6 cm³/mol. The van der Waals surface area contributed by atoms with E-state index in [0.717, 1.165) is 18.5 Å². The van der Waals surface area contributed by atoms with Crippen LogP contribution in [0, 0.1) is 5.92 Å². The Balaban J connectivity index is 2.37. The first-order valence-electron chi connectivity index (χ1n) is 6.62. The van der Waals surface area contributed by atoms with Crippen LogP contribution in [0.2, 0.25) is 0 Å². The van der Waals surface area contributed by atoms with Gasteiger partial charge in [0, 0.05) is 12.6 Å². The number of allylic oxidation sites excluding steroid dienone is 3. The number of rotatable bonds is 4. The SMILES string of the molecule is C/C=C\C=C(/C)CN(C)C1CCC(C)CC1. The van der Waals surface area contributed by atoms with Crippen molar-refractivity contribution in [1.29, 1.82) is 0 Å². The lowest BCUT2D eigenvalue weighted by atomic mass is 9.86. The first kappa shape index (κ1) is 13.5. The van der Waals surface area contributed by atoms with Crippen LogP contribution in [0.3, 0.4) is 0 Å². The van der Waals surface area contributed by atoms with Crippen molar-refractivity contribution in [3.05, 3.63) is 23.8 Å². The third-order valence-corrected chi connectivity index (χ3v) is 3.68. The topological polar surface area (TPSA) is 3.24 Å². The monoisotopic (exact) mass is 221 g/mol. The Morgan fingerprint density at radius 1 is 1.25 bits per heavy atom. The van der Waals surface area contributed by atoms with Crippen LogP contribution in [0.4, 0.5) is 0 Å². The molecule has 1 saturated carbocycles. The number of hydrogen-bond donors (Lipinski definition) is 0. The second-order valence-electron chi connectivity index (χ2n) is 5.37. The van der Waals surface area contributed by atoms with Crippen molar-refractivity contribution >= 4 is 0 Å². The molecule has 0 N–H and O–H groups in total. The van der Waals surface area contributed by atoms with Gasteiger partial charge < -0.3 is 0 Å². The Hall–Kier alpha value is -0.560. The van der Waals surface area contributed by atoms with Crippen LogP contribution in [0.5, 0.6) is 0 Å². The summed E-state index contributed by atoms with van der Waals surface area (Å²) in [4.78, 5) is 2.53. The van der Waals surface area contributed by atoms with Crippen LogP contribution in [0.1, 0.15) is 46.5 Å². The van der Waals surface area contributed by atoms with E-state index < -0.39 is 0 Å². The molecule has 0 amide bonds. The van der Waals surface area contributed by atoms with Crippen LogP contribution in [-0.4, -0.2) is 24.5 Å². The highest BCUT2D eigenvalue weighted by atomic mass is 15.1. The maximum atomic E-state index is 2.53. The Morgan fingerprint density at radius 3 is 2.44 bits per heavy atom. The summed E-state index contributed by atoms with van der Waals surface area (Å²) in [7, 11) is 2.27. The molecule has 0 aromatic heterocycles. The summed E-state index contributed by atoms with van der Waals surface area (Å²) in [5.74, 6) is 0.948. The molecule has 1 heteroatoms. The lowest BCUT2D eigenvalue weighted by molar-refractivity contribution is 0.181. The van der Waals surface area contributed by atoms with Gasteiger partial charge in [0.2, 0.25) is 0 Å². The molecule has 0 spiro atoms. The Labute approximate surface area is 101 Å². The summed E-state index contributed by atoms with van der Waals surface area (Å²) >= 11 is 0. The van der Waals surface area contributed by atoms with E-state index in [1.54, 1.807) is 0 Å². The molecule has 0 heterocycles. The van der Waals surface area contributed by atoms with Crippen molar-refractivity contribution < 1.29 is 0 Å². The third kappa shape index (κ3) is 4.52. The van der Waals surface area contributed by atoms with Crippen LogP contribution < -0.4 is 0 Å². The maximum Gasteiger partial charge on any atom is 0.0193 e. The van der Waals surface area contributed by atoms with Crippen LogP contribution in [0.15, 0.2) is 23.8 Å². The summed E-state index contributed by atoms with van der Waals surface area (Å²) in [6.45, 7) is 7.79. The summed E-state index contributed by atoms with van der Waals surface area (Å²) in [5.41, 5.74) is 1.46. The van der Waals surface area contributed by atoms with E-state index in [4.69, 9.17) is 0 Å². The minimum atomic E-state index is 0.810. The van der Waals surface area contributed by atoms with E-state index in [-0.39, 0.29) is 0 Å². The fourth-order valence-electron chi connectivity index (χ4n) is 2.52. The molecule has 0 atom stereocenters. The fourth-order valence-corrected chi connectivity index (χ4v) is 2.52. The van der Waals surface area contributed by atoms with Crippen molar-refractivity contribution in [3.63, 3.8) is 0 Å². The minimum Gasteiger partial charge on any atom is -0.299 e. The molecule has 1 fully saturated rings. The Kier molecular flexibility index (Phi) is 5.83. The molecule has 1 nitrogen and oxygen atoms in total. The van der Waals surface area contributed by atoms with Crippen LogP contribution >= 0.6 is 0 Å². The fraction of sp³-hybridized carbons (Fsp3) is 0.733. The van der Waals surface area contributed by atoms with E-state index in [1.807, 2.05) is 0 Å². The zero-order valence-electron chi connectivity index (χ0n) is 11.4.